The van der Waals surface area contributed by atoms with Gasteiger partial charge in [0.2, 0.25) is 0 Å². The van der Waals surface area contributed by atoms with Crippen LogP contribution in [0, 0.1) is 11.3 Å². The number of aromatic nitrogens is 1. The van der Waals surface area contributed by atoms with Crippen LogP contribution in [0.2, 0.25) is 5.02 Å². The third kappa shape index (κ3) is 3.39. The molecule has 1 heterocycles. The molecule has 0 bridgehead atoms. The highest BCUT2D eigenvalue weighted by Crippen LogP contribution is 2.22. The van der Waals surface area contributed by atoms with Crippen LogP contribution in [0.15, 0.2) is 12.3 Å². The number of nitrogens with two attached hydrogens (primary N) is 1. The molecular weight excluding hydrogens is 212 g/mol. The minimum absolute atomic E-state index is 0.382. The molecule has 1 rings (SSSR count). The third-order valence-electron chi connectivity index (χ3n) is 1.93. The van der Waals surface area contributed by atoms with Gasteiger partial charge in [-0.1, -0.05) is 11.6 Å². The quantitative estimate of drug-likeness (QED) is 0.748. The Kier molecular flexibility index (Phi) is 4.88. The molecule has 0 spiro atoms. The van der Waals surface area contributed by atoms with Gasteiger partial charge in [-0.05, 0) is 25.5 Å². The molecule has 15 heavy (non-hydrogen) atoms. The predicted octanol–water partition coefficient (Wildman–Crippen LogP) is 1.76. The molecule has 0 aromatic carbocycles. The van der Waals surface area contributed by atoms with Crippen LogP contribution in [0.1, 0.15) is 18.4 Å². The number of nitriles is 1. The highest BCUT2D eigenvalue weighted by molar-refractivity contribution is 6.34. The molecule has 0 aliphatic heterocycles. The van der Waals surface area contributed by atoms with E-state index in [9.17, 15) is 0 Å². The van der Waals surface area contributed by atoms with Gasteiger partial charge < -0.3 is 11.1 Å². The molecule has 0 aliphatic rings. The summed E-state index contributed by atoms with van der Waals surface area (Å²) in [6.07, 6.45) is 3.49. The van der Waals surface area contributed by atoms with Crippen molar-refractivity contribution < 1.29 is 0 Å². The van der Waals surface area contributed by atoms with Crippen LogP contribution in [0.25, 0.3) is 0 Å². The normalized spacial score (nSPS) is 9.67. The van der Waals surface area contributed by atoms with Crippen LogP contribution in [-0.2, 0) is 0 Å². The molecule has 3 N–H and O–H groups in total. The van der Waals surface area contributed by atoms with Gasteiger partial charge in [0.1, 0.15) is 16.9 Å². The van der Waals surface area contributed by atoms with Gasteiger partial charge in [-0.15, -0.1) is 0 Å². The zero-order chi connectivity index (χ0) is 11.1. The highest BCUT2D eigenvalue weighted by atomic mass is 35.5. The second kappa shape index (κ2) is 6.23. The van der Waals surface area contributed by atoms with E-state index in [1.165, 1.54) is 0 Å². The average Bonchev–Trinajstić information content (AvgIpc) is 2.26. The maximum atomic E-state index is 8.75. The predicted molar refractivity (Wildman–Crippen MR) is 60.7 cm³/mol. The number of hydrogen-bond donors (Lipinski definition) is 2. The molecule has 0 unspecified atom stereocenters. The number of halogens is 1. The Labute approximate surface area is 94.1 Å². The first-order valence-corrected chi connectivity index (χ1v) is 5.16. The fourth-order valence-electron chi connectivity index (χ4n) is 1.13. The summed E-state index contributed by atoms with van der Waals surface area (Å²) in [5, 5.41) is 12.2. The summed E-state index contributed by atoms with van der Waals surface area (Å²) >= 11 is 5.95. The van der Waals surface area contributed by atoms with Crippen molar-refractivity contribution in [2.45, 2.75) is 12.8 Å². The summed E-state index contributed by atoms with van der Waals surface area (Å²) in [6, 6.07) is 3.60. The van der Waals surface area contributed by atoms with Gasteiger partial charge in [0.05, 0.1) is 5.56 Å². The summed E-state index contributed by atoms with van der Waals surface area (Å²) in [6.45, 7) is 1.44. The molecule has 0 radical (unpaired) electrons. The first-order valence-electron chi connectivity index (χ1n) is 4.78. The number of unbranched alkanes of at least 4 members (excludes halogenated alkanes) is 1. The lowest BCUT2D eigenvalue weighted by Gasteiger charge is -2.07. The van der Waals surface area contributed by atoms with Gasteiger partial charge in [0.25, 0.3) is 0 Å². The standard InChI is InChI=1S/C10H13ClN4/c11-9-8(7-13)3-6-15-10(9)14-5-2-1-4-12/h3,6H,1-2,4-5,12H2,(H,14,15). The zero-order valence-corrected chi connectivity index (χ0v) is 9.09. The first kappa shape index (κ1) is 11.8. The summed E-state index contributed by atoms with van der Waals surface area (Å²) in [5.41, 5.74) is 5.81. The Bertz CT molecular complexity index is 359. The van der Waals surface area contributed by atoms with Crippen LogP contribution in [0.3, 0.4) is 0 Å². The Morgan fingerprint density at radius 3 is 3.00 bits per heavy atom. The summed E-state index contributed by atoms with van der Waals surface area (Å²) in [5.74, 6) is 0.563. The Balaban J connectivity index is 2.58. The number of nitrogens with one attached hydrogen (secondary N) is 1. The number of rotatable bonds is 5. The fourth-order valence-corrected chi connectivity index (χ4v) is 1.35. The van der Waals surface area contributed by atoms with Crippen molar-refractivity contribution in [2.75, 3.05) is 18.4 Å². The SMILES string of the molecule is N#Cc1ccnc(NCCCCN)c1Cl. The van der Waals surface area contributed by atoms with Gasteiger partial charge in [-0.25, -0.2) is 4.98 Å². The molecule has 4 nitrogen and oxygen atoms in total. The van der Waals surface area contributed by atoms with Crippen molar-refractivity contribution in [1.82, 2.24) is 4.98 Å². The topological polar surface area (TPSA) is 74.7 Å². The van der Waals surface area contributed by atoms with E-state index in [1.54, 1.807) is 12.3 Å². The van der Waals surface area contributed by atoms with E-state index in [0.717, 1.165) is 19.4 Å². The molecule has 0 atom stereocenters. The zero-order valence-electron chi connectivity index (χ0n) is 8.33. The van der Waals surface area contributed by atoms with Crippen molar-refractivity contribution in [1.29, 1.82) is 5.26 Å². The number of hydrogen-bond acceptors (Lipinski definition) is 4. The molecule has 0 fully saturated rings. The highest BCUT2D eigenvalue weighted by Gasteiger charge is 2.05. The van der Waals surface area contributed by atoms with Crippen LogP contribution < -0.4 is 11.1 Å². The van der Waals surface area contributed by atoms with Crippen molar-refractivity contribution in [3.8, 4) is 6.07 Å². The second-order valence-electron chi connectivity index (χ2n) is 3.06. The molecule has 5 heteroatoms. The van der Waals surface area contributed by atoms with E-state index in [2.05, 4.69) is 10.3 Å². The number of anilines is 1. The van der Waals surface area contributed by atoms with E-state index in [4.69, 9.17) is 22.6 Å². The van der Waals surface area contributed by atoms with E-state index < -0.39 is 0 Å². The van der Waals surface area contributed by atoms with E-state index >= 15 is 0 Å². The monoisotopic (exact) mass is 224 g/mol. The van der Waals surface area contributed by atoms with Crippen molar-refractivity contribution in [2.24, 2.45) is 5.73 Å². The number of nitrogens with zero attached hydrogens (tertiary/aromatic N) is 2. The fraction of sp³-hybridized carbons (Fsp3) is 0.400. The van der Waals surface area contributed by atoms with Crippen LogP contribution >= 0.6 is 11.6 Å². The lowest BCUT2D eigenvalue weighted by molar-refractivity contribution is 0.772. The lowest BCUT2D eigenvalue weighted by Crippen LogP contribution is -2.07. The summed E-state index contributed by atoms with van der Waals surface area (Å²) < 4.78 is 0. The summed E-state index contributed by atoms with van der Waals surface area (Å²) in [7, 11) is 0. The Morgan fingerprint density at radius 2 is 2.33 bits per heavy atom. The Morgan fingerprint density at radius 1 is 1.53 bits per heavy atom. The summed E-state index contributed by atoms with van der Waals surface area (Å²) in [4.78, 5) is 4.06. The van der Waals surface area contributed by atoms with E-state index in [1.807, 2.05) is 6.07 Å². The minimum Gasteiger partial charge on any atom is -0.369 e. The molecule has 0 saturated heterocycles. The minimum atomic E-state index is 0.382. The smallest absolute Gasteiger partial charge is 0.146 e. The maximum Gasteiger partial charge on any atom is 0.146 e. The van der Waals surface area contributed by atoms with Crippen LogP contribution in [0.4, 0.5) is 5.82 Å². The average molecular weight is 225 g/mol. The van der Waals surface area contributed by atoms with E-state index in [-0.39, 0.29) is 0 Å². The van der Waals surface area contributed by atoms with Crippen molar-refractivity contribution >= 4 is 17.4 Å². The van der Waals surface area contributed by atoms with Gasteiger partial charge >= 0.3 is 0 Å². The number of pyridine rings is 1. The molecular formula is C10H13ClN4. The first-order chi connectivity index (χ1) is 7.29. The van der Waals surface area contributed by atoms with Gasteiger partial charge in [0.15, 0.2) is 0 Å². The molecule has 0 amide bonds. The maximum absolute atomic E-state index is 8.75. The molecule has 0 saturated carbocycles. The van der Waals surface area contributed by atoms with Gasteiger partial charge in [-0.3, -0.25) is 0 Å². The van der Waals surface area contributed by atoms with Crippen molar-refractivity contribution in [3.63, 3.8) is 0 Å². The van der Waals surface area contributed by atoms with Crippen LogP contribution in [-0.4, -0.2) is 18.1 Å². The third-order valence-corrected chi connectivity index (χ3v) is 2.32. The van der Waals surface area contributed by atoms with Gasteiger partial charge in [-0.2, -0.15) is 5.26 Å². The second-order valence-corrected chi connectivity index (χ2v) is 3.43. The van der Waals surface area contributed by atoms with E-state index in [0.29, 0.717) is 22.9 Å². The largest absolute Gasteiger partial charge is 0.369 e. The molecule has 80 valence electrons. The lowest BCUT2D eigenvalue weighted by atomic mass is 10.2. The van der Waals surface area contributed by atoms with Gasteiger partial charge in [0, 0.05) is 12.7 Å². The molecule has 1 aromatic rings. The van der Waals surface area contributed by atoms with Crippen molar-refractivity contribution in [3.05, 3.63) is 22.8 Å². The van der Waals surface area contributed by atoms with Crippen LogP contribution in [0.5, 0.6) is 0 Å². The molecule has 0 aliphatic carbocycles. The Hall–Kier alpha value is -1.31. The molecule has 1 aromatic heterocycles.